The van der Waals surface area contributed by atoms with Gasteiger partial charge in [0.15, 0.2) is 11.9 Å². The van der Waals surface area contributed by atoms with Gasteiger partial charge in [0.25, 0.3) is 5.56 Å². The van der Waals surface area contributed by atoms with Gasteiger partial charge < -0.3 is 9.47 Å². The number of hydrogen-bond acceptors (Lipinski definition) is 6. The van der Waals surface area contributed by atoms with E-state index in [0.717, 1.165) is 4.47 Å². The summed E-state index contributed by atoms with van der Waals surface area (Å²) in [6.45, 7) is 7.38. The Morgan fingerprint density at radius 3 is 2.42 bits per heavy atom. The maximum atomic E-state index is 13.2. The molecule has 1 aromatic heterocycles. The molecular weight excluding hydrogens is 533 g/mol. The number of aromatic nitrogens is 2. The van der Waals surface area contributed by atoms with E-state index < -0.39 is 17.5 Å². The second-order valence-electron chi connectivity index (χ2n) is 8.31. The summed E-state index contributed by atoms with van der Waals surface area (Å²) in [6, 6.07) is 8.49. The molecule has 10 heteroatoms. The van der Waals surface area contributed by atoms with Crippen molar-refractivity contribution < 1.29 is 14.3 Å². The Labute approximate surface area is 209 Å². The minimum Gasteiger partial charge on any atom is -0.476 e. The molecule has 0 spiro atoms. The first-order chi connectivity index (χ1) is 15.4. The van der Waals surface area contributed by atoms with Crippen LogP contribution in [0.1, 0.15) is 39.1 Å². The van der Waals surface area contributed by atoms with Gasteiger partial charge in [0.05, 0.1) is 34.3 Å². The number of fused-ring (bicyclic) bond motifs is 1. The molecule has 2 aromatic carbocycles. The fourth-order valence-electron chi connectivity index (χ4n) is 3.02. The van der Waals surface area contributed by atoms with E-state index in [9.17, 15) is 9.59 Å². The van der Waals surface area contributed by atoms with Crippen LogP contribution in [0.4, 0.5) is 0 Å². The summed E-state index contributed by atoms with van der Waals surface area (Å²) >= 11 is 16.1. The van der Waals surface area contributed by atoms with Crippen LogP contribution in [0.5, 0.6) is 5.75 Å². The van der Waals surface area contributed by atoms with Crippen LogP contribution >= 0.6 is 39.1 Å². The highest BCUT2D eigenvalue weighted by molar-refractivity contribution is 9.10. The minimum absolute atomic E-state index is 0.151. The number of methoxy groups -OCH3 is 1. The van der Waals surface area contributed by atoms with E-state index in [1.807, 2.05) is 26.8 Å². The molecule has 0 radical (unpaired) electrons. The second kappa shape index (κ2) is 9.83. The lowest BCUT2D eigenvalue weighted by Gasteiger charge is -2.21. The molecule has 0 bridgehead atoms. The minimum atomic E-state index is -0.888. The third-order valence-corrected chi connectivity index (χ3v) is 5.70. The summed E-state index contributed by atoms with van der Waals surface area (Å²) in [7, 11) is 1.26. The summed E-state index contributed by atoms with van der Waals surface area (Å²) in [5.74, 6) is 0.0954. The van der Waals surface area contributed by atoms with Crippen LogP contribution < -0.4 is 10.3 Å². The molecule has 1 heterocycles. The molecule has 3 aromatic rings. The highest BCUT2D eigenvalue weighted by Crippen LogP contribution is 2.34. The highest BCUT2D eigenvalue weighted by Gasteiger charge is 2.23. The molecule has 0 aliphatic rings. The molecule has 0 fully saturated rings. The Hall–Kier alpha value is -2.42. The molecule has 7 nitrogen and oxygen atoms in total. The van der Waals surface area contributed by atoms with Gasteiger partial charge in [-0.25, -0.2) is 9.78 Å². The first-order valence-electron chi connectivity index (χ1n) is 9.93. The predicted octanol–water partition coefficient (Wildman–Crippen LogP) is 5.59. The zero-order valence-corrected chi connectivity index (χ0v) is 21.7. The van der Waals surface area contributed by atoms with Crippen molar-refractivity contribution in [3.8, 4) is 5.75 Å². The SMILES string of the molecule is COC(=O)[C@@H](C)Oc1c(Cl)cc(C=Nn2c(C(C)(C)C)nc3ccc(Br)cc3c2=O)cc1Cl. The first kappa shape index (κ1) is 25.2. The van der Waals surface area contributed by atoms with E-state index in [1.54, 1.807) is 24.3 Å². The molecule has 0 N–H and O–H groups in total. The fraction of sp³-hybridized carbons (Fsp3) is 0.304. The zero-order valence-electron chi connectivity index (χ0n) is 18.6. The van der Waals surface area contributed by atoms with Gasteiger partial charge >= 0.3 is 5.97 Å². The van der Waals surface area contributed by atoms with Crippen LogP contribution in [-0.2, 0) is 14.9 Å². The molecule has 0 saturated heterocycles. The standard InChI is InChI=1S/C23H22BrCl2N3O4/c1-12(21(31)32-5)33-19-16(25)8-13(9-17(19)26)11-27-29-20(30)15-10-14(24)6-7-18(15)28-22(29)23(2,3)4/h6-12H,1-5H3/t12-/m1/s1. The van der Waals surface area contributed by atoms with Crippen molar-refractivity contribution in [2.45, 2.75) is 39.2 Å². The van der Waals surface area contributed by atoms with Crippen molar-refractivity contribution >= 4 is 62.2 Å². The monoisotopic (exact) mass is 553 g/mol. The lowest BCUT2D eigenvalue weighted by molar-refractivity contribution is -0.147. The normalized spacial score (nSPS) is 12.8. The predicted molar refractivity (Wildman–Crippen MR) is 134 cm³/mol. The largest absolute Gasteiger partial charge is 0.476 e. The van der Waals surface area contributed by atoms with Gasteiger partial charge in [0.2, 0.25) is 0 Å². The Morgan fingerprint density at radius 2 is 1.85 bits per heavy atom. The van der Waals surface area contributed by atoms with Crippen molar-refractivity contribution in [1.29, 1.82) is 0 Å². The third-order valence-electron chi connectivity index (χ3n) is 4.65. The third kappa shape index (κ3) is 5.57. The molecule has 1 atom stereocenters. The number of halogens is 3. The summed E-state index contributed by atoms with van der Waals surface area (Å²) in [6.07, 6.45) is 0.577. The van der Waals surface area contributed by atoms with E-state index in [2.05, 4.69) is 30.8 Å². The summed E-state index contributed by atoms with van der Waals surface area (Å²) < 4.78 is 12.2. The van der Waals surface area contributed by atoms with E-state index >= 15 is 0 Å². The number of rotatable bonds is 5. The molecule has 0 amide bonds. The van der Waals surface area contributed by atoms with Crippen LogP contribution in [0.3, 0.4) is 0 Å². The quantitative estimate of drug-likeness (QED) is 0.303. The zero-order chi connectivity index (χ0) is 24.5. The smallest absolute Gasteiger partial charge is 0.346 e. The molecule has 174 valence electrons. The summed E-state index contributed by atoms with van der Waals surface area (Å²) in [5, 5.41) is 5.21. The summed E-state index contributed by atoms with van der Waals surface area (Å²) in [5.41, 5.74) is 0.372. The number of benzene rings is 2. The van der Waals surface area contributed by atoms with E-state index in [0.29, 0.717) is 22.3 Å². The number of hydrogen-bond donors (Lipinski definition) is 0. The molecule has 3 rings (SSSR count). The average molecular weight is 555 g/mol. The molecule has 0 unspecified atom stereocenters. The van der Waals surface area contributed by atoms with Gasteiger partial charge in [-0.05, 0) is 42.8 Å². The Morgan fingerprint density at radius 1 is 1.21 bits per heavy atom. The van der Waals surface area contributed by atoms with Crippen molar-refractivity contribution in [2.75, 3.05) is 7.11 Å². The lowest BCUT2D eigenvalue weighted by atomic mass is 9.95. The van der Waals surface area contributed by atoms with Crippen LogP contribution in [-0.4, -0.2) is 35.1 Å². The lowest BCUT2D eigenvalue weighted by Crippen LogP contribution is -2.29. The maximum Gasteiger partial charge on any atom is 0.346 e. The van der Waals surface area contributed by atoms with Gasteiger partial charge in [-0.2, -0.15) is 9.78 Å². The molecule has 0 aliphatic heterocycles. The number of carbonyl (C=O) groups is 1. The summed E-state index contributed by atoms with van der Waals surface area (Å²) in [4.78, 5) is 29.6. The number of esters is 1. The van der Waals surface area contributed by atoms with Gasteiger partial charge in [0.1, 0.15) is 5.82 Å². The Kier molecular flexibility index (Phi) is 7.51. The molecule has 0 saturated carbocycles. The second-order valence-corrected chi connectivity index (χ2v) is 10.0. The molecule has 33 heavy (non-hydrogen) atoms. The van der Waals surface area contributed by atoms with Gasteiger partial charge in [0, 0.05) is 9.89 Å². The highest BCUT2D eigenvalue weighted by atomic mass is 79.9. The van der Waals surface area contributed by atoms with E-state index in [4.69, 9.17) is 27.9 Å². The van der Waals surface area contributed by atoms with Crippen LogP contribution in [0.2, 0.25) is 10.0 Å². The molecular formula is C23H22BrCl2N3O4. The average Bonchev–Trinajstić information content (AvgIpc) is 2.74. The van der Waals surface area contributed by atoms with Gasteiger partial charge in [-0.1, -0.05) is 59.9 Å². The first-order valence-corrected chi connectivity index (χ1v) is 11.5. The van der Waals surface area contributed by atoms with Crippen LogP contribution in [0.25, 0.3) is 10.9 Å². The molecule has 0 aliphatic carbocycles. The van der Waals surface area contributed by atoms with E-state index in [1.165, 1.54) is 24.9 Å². The van der Waals surface area contributed by atoms with Gasteiger partial charge in [-0.3, -0.25) is 4.79 Å². The van der Waals surface area contributed by atoms with E-state index in [-0.39, 0.29) is 21.4 Å². The fourth-order valence-corrected chi connectivity index (χ4v) is 3.98. The van der Waals surface area contributed by atoms with Crippen LogP contribution in [0.15, 0.2) is 44.7 Å². The maximum absolute atomic E-state index is 13.2. The number of ether oxygens (including phenoxy) is 2. The Balaban J connectivity index is 2.06. The van der Waals surface area contributed by atoms with Gasteiger partial charge in [-0.15, -0.1) is 0 Å². The number of nitrogens with zero attached hydrogens (tertiary/aromatic N) is 3. The van der Waals surface area contributed by atoms with Crippen molar-refractivity contribution in [3.63, 3.8) is 0 Å². The van der Waals surface area contributed by atoms with Crippen molar-refractivity contribution in [3.05, 3.63) is 66.6 Å². The Bertz CT molecular complexity index is 1290. The topological polar surface area (TPSA) is 82.8 Å². The van der Waals surface area contributed by atoms with Crippen LogP contribution in [0, 0.1) is 0 Å². The number of carbonyl (C=O) groups excluding carboxylic acids is 1. The van der Waals surface area contributed by atoms with Crippen molar-refractivity contribution in [1.82, 2.24) is 9.66 Å². The van der Waals surface area contributed by atoms with Crippen molar-refractivity contribution in [2.24, 2.45) is 5.10 Å².